The minimum absolute atomic E-state index is 0.0225. The number of anilines is 1. The molecule has 3 N–H and O–H groups in total. The number of hydrogen-bond donors (Lipinski definition) is 3. The largest absolute Gasteiger partial charge is 0.372 e. The van der Waals surface area contributed by atoms with Crippen LogP contribution in [0.25, 0.3) is 11.1 Å². The average Bonchev–Trinajstić information content (AvgIpc) is 3.21. The van der Waals surface area contributed by atoms with Crippen LogP contribution in [0.4, 0.5) is 10.1 Å². The van der Waals surface area contributed by atoms with Crippen molar-refractivity contribution >= 4 is 22.9 Å². The molecule has 1 aliphatic heterocycles. The Labute approximate surface area is 187 Å². The normalized spacial score (nSPS) is 15.5. The Morgan fingerprint density at radius 1 is 1.32 bits per heavy atom. The summed E-state index contributed by atoms with van der Waals surface area (Å²) in [7, 11) is 0. The second-order valence-corrected chi connectivity index (χ2v) is 8.98. The summed E-state index contributed by atoms with van der Waals surface area (Å²) in [5.41, 5.74) is 3.16. The van der Waals surface area contributed by atoms with E-state index in [1.807, 2.05) is 42.8 Å². The number of nitrogens with zero attached hydrogens (tertiary/aromatic N) is 2. The third-order valence-electron chi connectivity index (χ3n) is 5.32. The molecule has 166 valence electrons. The van der Waals surface area contributed by atoms with Gasteiger partial charge in [0.15, 0.2) is 0 Å². The number of hydrogen-bond acceptors (Lipinski definition) is 6. The van der Waals surface area contributed by atoms with E-state index in [1.54, 1.807) is 6.07 Å². The van der Waals surface area contributed by atoms with Gasteiger partial charge in [-0.3, -0.25) is 9.69 Å². The molecular weight excluding hydrogens is 413 g/mol. The van der Waals surface area contributed by atoms with Crippen molar-refractivity contribution in [1.82, 2.24) is 15.5 Å². The number of thiophene rings is 1. The van der Waals surface area contributed by atoms with Crippen molar-refractivity contribution in [2.75, 3.05) is 38.0 Å². The van der Waals surface area contributed by atoms with E-state index in [1.165, 1.54) is 11.3 Å². The Morgan fingerprint density at radius 2 is 2.10 bits per heavy atom. The van der Waals surface area contributed by atoms with Gasteiger partial charge in [0.25, 0.3) is 0 Å². The number of carbonyl (C=O) groups excluding carboxylic acids is 1. The molecule has 0 aliphatic carbocycles. The highest BCUT2D eigenvalue weighted by molar-refractivity contribution is 7.08. The highest BCUT2D eigenvalue weighted by Crippen LogP contribution is 2.34. The summed E-state index contributed by atoms with van der Waals surface area (Å²) in [4.78, 5) is 14.8. The van der Waals surface area contributed by atoms with Crippen molar-refractivity contribution in [3.8, 4) is 17.2 Å². The van der Waals surface area contributed by atoms with Gasteiger partial charge in [-0.1, -0.05) is 26.0 Å². The molecule has 0 spiro atoms. The first-order chi connectivity index (χ1) is 15.0. The fourth-order valence-corrected chi connectivity index (χ4v) is 4.52. The van der Waals surface area contributed by atoms with Gasteiger partial charge in [0.2, 0.25) is 5.91 Å². The van der Waals surface area contributed by atoms with E-state index in [2.05, 4.69) is 20.9 Å². The molecule has 0 bridgehead atoms. The lowest BCUT2D eigenvalue weighted by Gasteiger charge is -2.27. The molecule has 0 unspecified atom stereocenters. The van der Waals surface area contributed by atoms with Crippen LogP contribution in [0.5, 0.6) is 0 Å². The number of nitriles is 1. The number of benzene rings is 1. The Hall–Kier alpha value is -2.47. The van der Waals surface area contributed by atoms with Crippen LogP contribution in [0, 0.1) is 23.1 Å². The Balaban J connectivity index is 1.75. The van der Waals surface area contributed by atoms with Crippen LogP contribution in [0.1, 0.15) is 25.8 Å². The Bertz CT molecular complexity index is 917. The molecule has 2 heterocycles. The maximum atomic E-state index is 14.9. The van der Waals surface area contributed by atoms with Crippen LogP contribution in [0.3, 0.4) is 0 Å². The highest BCUT2D eigenvalue weighted by atomic mass is 32.1. The lowest BCUT2D eigenvalue weighted by Crippen LogP contribution is -2.43. The van der Waals surface area contributed by atoms with Gasteiger partial charge in [0.1, 0.15) is 18.4 Å². The molecule has 0 radical (unpaired) electrons. The van der Waals surface area contributed by atoms with Gasteiger partial charge in [-0.15, -0.1) is 11.3 Å². The number of amides is 1. The van der Waals surface area contributed by atoms with Crippen molar-refractivity contribution < 1.29 is 9.18 Å². The summed E-state index contributed by atoms with van der Waals surface area (Å²) in [5, 5.41) is 21.9. The predicted octanol–water partition coefficient (Wildman–Crippen LogP) is 3.43. The Kier molecular flexibility index (Phi) is 8.41. The van der Waals surface area contributed by atoms with E-state index in [0.29, 0.717) is 24.4 Å². The number of carbonyl (C=O) groups is 1. The van der Waals surface area contributed by atoms with Crippen molar-refractivity contribution in [3.05, 3.63) is 40.3 Å². The zero-order valence-electron chi connectivity index (χ0n) is 18.1. The molecule has 1 fully saturated rings. The predicted molar refractivity (Wildman–Crippen MR) is 123 cm³/mol. The van der Waals surface area contributed by atoms with E-state index in [-0.39, 0.29) is 18.3 Å². The van der Waals surface area contributed by atoms with Gasteiger partial charge >= 0.3 is 0 Å². The zero-order chi connectivity index (χ0) is 22.2. The van der Waals surface area contributed by atoms with E-state index in [0.717, 1.165) is 43.0 Å². The van der Waals surface area contributed by atoms with Gasteiger partial charge in [-0.25, -0.2) is 4.39 Å². The van der Waals surface area contributed by atoms with Gasteiger partial charge in [0.05, 0.1) is 11.8 Å². The van der Waals surface area contributed by atoms with Crippen LogP contribution < -0.4 is 16.0 Å². The fraction of sp³-hybridized carbons (Fsp3) is 0.478. The third kappa shape index (κ3) is 6.50. The highest BCUT2D eigenvalue weighted by Gasteiger charge is 2.21. The van der Waals surface area contributed by atoms with E-state index in [4.69, 9.17) is 5.26 Å². The monoisotopic (exact) mass is 443 g/mol. The molecule has 2 aromatic rings. The zero-order valence-corrected chi connectivity index (χ0v) is 18.9. The quantitative estimate of drug-likeness (QED) is 0.518. The summed E-state index contributed by atoms with van der Waals surface area (Å²) in [6, 6.07) is 6.86. The van der Waals surface area contributed by atoms with E-state index >= 15 is 0 Å². The van der Waals surface area contributed by atoms with Crippen molar-refractivity contribution in [3.63, 3.8) is 0 Å². The molecule has 1 amide bonds. The standard InChI is InChI=1S/C23H30FN5OS/c1-16(2)11-21(23(30)27-6-5-25)28-22-15-31-14-19(22)17-3-4-18(20(24)12-17)13-29-9-7-26-8-10-29/h3-4,12,14-16,21,26,28H,6-11,13H2,1-2H3,(H,27,30)/t21-/m0/s1. The van der Waals surface area contributed by atoms with Crippen molar-refractivity contribution in [2.45, 2.75) is 32.9 Å². The summed E-state index contributed by atoms with van der Waals surface area (Å²) in [5.74, 6) is -0.113. The second-order valence-electron chi connectivity index (χ2n) is 8.23. The van der Waals surface area contributed by atoms with Gasteiger partial charge in [-0.05, 0) is 24.0 Å². The van der Waals surface area contributed by atoms with Gasteiger partial charge in [0, 0.05) is 54.6 Å². The SMILES string of the molecule is CC(C)C[C@H](Nc1cscc1-c1ccc(CN2CCNCC2)c(F)c1)C(=O)NCC#N. The molecule has 31 heavy (non-hydrogen) atoms. The van der Waals surface area contributed by atoms with Crippen molar-refractivity contribution in [2.24, 2.45) is 5.92 Å². The van der Waals surface area contributed by atoms with Gasteiger partial charge in [-0.2, -0.15) is 5.26 Å². The van der Waals surface area contributed by atoms with Crippen LogP contribution >= 0.6 is 11.3 Å². The summed E-state index contributed by atoms with van der Waals surface area (Å²) in [6.45, 7) is 8.39. The smallest absolute Gasteiger partial charge is 0.243 e. The molecule has 3 rings (SSSR count). The molecule has 8 heteroatoms. The molecule has 1 saturated heterocycles. The Morgan fingerprint density at radius 3 is 2.77 bits per heavy atom. The molecule has 1 aliphatic rings. The van der Waals surface area contributed by atoms with E-state index < -0.39 is 6.04 Å². The first kappa shape index (κ1) is 23.2. The van der Waals surface area contributed by atoms with Crippen LogP contribution in [0.15, 0.2) is 29.0 Å². The summed E-state index contributed by atoms with van der Waals surface area (Å²) < 4.78 is 14.9. The molecule has 0 saturated carbocycles. The van der Waals surface area contributed by atoms with Gasteiger partial charge < -0.3 is 16.0 Å². The second kappa shape index (κ2) is 11.2. The maximum Gasteiger partial charge on any atom is 0.243 e. The van der Waals surface area contributed by atoms with Crippen molar-refractivity contribution in [1.29, 1.82) is 5.26 Å². The lowest BCUT2D eigenvalue weighted by atomic mass is 10.0. The number of piperazine rings is 1. The molecule has 1 aromatic heterocycles. The first-order valence-electron chi connectivity index (χ1n) is 10.7. The molecular formula is C23H30FN5OS. The van der Waals surface area contributed by atoms with E-state index in [9.17, 15) is 9.18 Å². The van der Waals surface area contributed by atoms with Crippen LogP contribution in [0.2, 0.25) is 0 Å². The molecule has 1 aromatic carbocycles. The maximum absolute atomic E-state index is 14.9. The number of nitrogens with one attached hydrogen (secondary N) is 3. The summed E-state index contributed by atoms with van der Waals surface area (Å²) >= 11 is 1.51. The van der Waals surface area contributed by atoms with Crippen LogP contribution in [-0.4, -0.2) is 49.6 Å². The average molecular weight is 444 g/mol. The summed E-state index contributed by atoms with van der Waals surface area (Å²) in [6.07, 6.45) is 0.630. The third-order valence-corrected chi connectivity index (χ3v) is 6.07. The lowest BCUT2D eigenvalue weighted by molar-refractivity contribution is -0.121. The topological polar surface area (TPSA) is 80.2 Å². The fourth-order valence-electron chi connectivity index (χ4n) is 3.73. The minimum atomic E-state index is -0.460. The van der Waals surface area contributed by atoms with Crippen LogP contribution in [-0.2, 0) is 11.3 Å². The first-order valence-corrected chi connectivity index (χ1v) is 11.6. The molecule has 6 nitrogen and oxygen atoms in total. The minimum Gasteiger partial charge on any atom is -0.372 e. The molecule has 1 atom stereocenters. The number of halogens is 1. The number of rotatable bonds is 9.